The first-order valence-corrected chi connectivity index (χ1v) is 15.7. The summed E-state index contributed by atoms with van der Waals surface area (Å²) >= 11 is 0. The number of fused-ring (bicyclic) bond motifs is 3. The lowest BCUT2D eigenvalue weighted by Gasteiger charge is -2.37. The molecule has 4 aromatic carbocycles. The molecule has 0 aromatic heterocycles. The lowest BCUT2D eigenvalue weighted by molar-refractivity contribution is 0.327. The van der Waals surface area contributed by atoms with E-state index in [-0.39, 0.29) is 16.7 Å². The van der Waals surface area contributed by atoms with Crippen LogP contribution in [0.4, 0.5) is 11.4 Å². The molecule has 7 heteroatoms. The van der Waals surface area contributed by atoms with Crippen molar-refractivity contribution in [2.45, 2.75) is 44.0 Å². The van der Waals surface area contributed by atoms with Gasteiger partial charge < -0.3 is 14.2 Å². The van der Waals surface area contributed by atoms with Gasteiger partial charge in [-0.2, -0.15) is 8.42 Å². The molecule has 6 nitrogen and oxygen atoms in total. The van der Waals surface area contributed by atoms with Gasteiger partial charge in [0, 0.05) is 17.8 Å². The monoisotopic (exact) mass is 578 g/mol. The van der Waals surface area contributed by atoms with E-state index in [0.29, 0.717) is 24.2 Å². The molecule has 3 atom stereocenters. The third kappa shape index (κ3) is 5.70. The van der Waals surface area contributed by atoms with Crippen molar-refractivity contribution >= 4 is 27.7 Å². The number of ether oxygens (including phenoxy) is 1. The molecule has 214 valence electrons. The zero-order chi connectivity index (χ0) is 29.3. The summed E-state index contributed by atoms with van der Waals surface area (Å²) in [5, 5.41) is 3.79. The average molecular weight is 579 g/mol. The molecule has 6 rings (SSSR count). The Bertz CT molecular complexity index is 1760. The summed E-state index contributed by atoms with van der Waals surface area (Å²) in [7, 11) is -4.00. The van der Waals surface area contributed by atoms with Crippen molar-refractivity contribution in [2.75, 3.05) is 11.9 Å². The molecule has 0 unspecified atom stereocenters. The highest BCUT2D eigenvalue weighted by Gasteiger charge is 2.37. The Kier molecular flexibility index (Phi) is 7.60. The molecule has 0 fully saturated rings. The fraction of sp³-hybridized carbons (Fsp3) is 0.229. The largest absolute Gasteiger partial charge is 0.490 e. The Morgan fingerprint density at radius 1 is 0.905 bits per heavy atom. The maximum absolute atomic E-state index is 12.8. The van der Waals surface area contributed by atoms with Crippen LogP contribution in [0.15, 0.2) is 107 Å². The number of anilines is 1. The van der Waals surface area contributed by atoms with E-state index in [1.165, 1.54) is 34.5 Å². The van der Waals surface area contributed by atoms with Crippen LogP contribution in [-0.4, -0.2) is 21.2 Å². The predicted octanol–water partition coefficient (Wildman–Crippen LogP) is 8.05. The van der Waals surface area contributed by atoms with Crippen molar-refractivity contribution in [3.63, 3.8) is 0 Å². The Morgan fingerprint density at radius 3 is 2.43 bits per heavy atom. The number of aryl methyl sites for hydroxylation is 2. The summed E-state index contributed by atoms with van der Waals surface area (Å²) in [6.45, 7) is 6.25. The quantitative estimate of drug-likeness (QED) is 0.130. The van der Waals surface area contributed by atoms with Gasteiger partial charge in [0.15, 0.2) is 11.5 Å². The fourth-order valence-corrected chi connectivity index (χ4v) is 6.71. The van der Waals surface area contributed by atoms with Crippen LogP contribution in [0.5, 0.6) is 11.5 Å². The lowest BCUT2D eigenvalue weighted by Crippen LogP contribution is -2.29. The molecule has 1 N–H and O–H groups in total. The first-order chi connectivity index (χ1) is 20.3. The van der Waals surface area contributed by atoms with Crippen LogP contribution in [0.3, 0.4) is 0 Å². The van der Waals surface area contributed by atoms with Crippen LogP contribution in [0.2, 0.25) is 0 Å². The number of aliphatic imine (C=N–C) groups is 1. The molecular weight excluding hydrogens is 544 g/mol. The van der Waals surface area contributed by atoms with Crippen LogP contribution in [0.25, 0.3) is 0 Å². The van der Waals surface area contributed by atoms with Crippen LogP contribution in [0, 0.1) is 19.8 Å². The highest BCUT2D eigenvalue weighted by Crippen LogP contribution is 2.50. The topological polar surface area (TPSA) is 77.0 Å². The molecule has 0 spiro atoms. The smallest absolute Gasteiger partial charge is 0.339 e. The second kappa shape index (κ2) is 11.5. The molecule has 1 heterocycles. The highest BCUT2D eigenvalue weighted by atomic mass is 32.2. The Labute approximate surface area is 247 Å². The first-order valence-electron chi connectivity index (χ1n) is 14.3. The minimum Gasteiger partial charge on any atom is -0.490 e. The van der Waals surface area contributed by atoms with E-state index in [2.05, 4.69) is 59.7 Å². The molecule has 42 heavy (non-hydrogen) atoms. The zero-order valence-corrected chi connectivity index (χ0v) is 24.8. The van der Waals surface area contributed by atoms with Crippen molar-refractivity contribution in [1.82, 2.24) is 0 Å². The number of rotatable bonds is 8. The molecule has 0 saturated carbocycles. The van der Waals surface area contributed by atoms with Gasteiger partial charge in [-0.15, -0.1) is 0 Å². The van der Waals surface area contributed by atoms with Gasteiger partial charge in [-0.1, -0.05) is 59.7 Å². The molecule has 1 aliphatic heterocycles. The van der Waals surface area contributed by atoms with Crippen LogP contribution in [0.1, 0.15) is 53.1 Å². The van der Waals surface area contributed by atoms with Gasteiger partial charge in [0.1, 0.15) is 4.90 Å². The van der Waals surface area contributed by atoms with Gasteiger partial charge in [-0.3, -0.25) is 4.99 Å². The van der Waals surface area contributed by atoms with E-state index in [1.54, 1.807) is 36.5 Å². The van der Waals surface area contributed by atoms with Crippen LogP contribution in [-0.2, 0) is 10.1 Å². The SMILES string of the molecule is CCOc1cc(C=Nc2ccc([C@@H]3Nc4ccc(C)cc4[C@@H]4C=CC[C@H]43)cc2)ccc1OS(=O)(=O)c1ccc(C)cc1. The maximum Gasteiger partial charge on any atom is 0.339 e. The van der Waals surface area contributed by atoms with Gasteiger partial charge in [-0.25, -0.2) is 0 Å². The van der Waals surface area contributed by atoms with Gasteiger partial charge in [0.2, 0.25) is 0 Å². The molecule has 0 radical (unpaired) electrons. The number of hydrogen-bond acceptors (Lipinski definition) is 6. The van der Waals surface area contributed by atoms with Crippen molar-refractivity contribution in [2.24, 2.45) is 10.9 Å². The zero-order valence-electron chi connectivity index (χ0n) is 23.9. The Balaban J connectivity index is 1.18. The summed E-state index contributed by atoms with van der Waals surface area (Å²) < 4.78 is 36.8. The van der Waals surface area contributed by atoms with Gasteiger partial charge >= 0.3 is 10.1 Å². The Morgan fingerprint density at radius 2 is 1.67 bits per heavy atom. The molecular formula is C35H34N2O4S. The average Bonchev–Trinajstić information content (AvgIpc) is 3.48. The van der Waals surface area contributed by atoms with E-state index in [1.807, 2.05) is 26.0 Å². The minimum atomic E-state index is -4.00. The molecule has 0 saturated heterocycles. The summed E-state index contributed by atoms with van der Waals surface area (Å²) in [5.41, 5.74) is 7.70. The van der Waals surface area contributed by atoms with Crippen LogP contribution >= 0.6 is 0 Å². The third-order valence-electron chi connectivity index (χ3n) is 7.91. The van der Waals surface area contributed by atoms with Crippen molar-refractivity contribution in [1.29, 1.82) is 0 Å². The van der Waals surface area contributed by atoms with E-state index in [9.17, 15) is 8.42 Å². The number of allylic oxidation sites excluding steroid dienone is 2. The summed E-state index contributed by atoms with van der Waals surface area (Å²) in [6, 6.07) is 26.9. The number of hydrogen-bond donors (Lipinski definition) is 1. The molecule has 0 amide bonds. The van der Waals surface area contributed by atoms with Crippen molar-refractivity contribution in [3.05, 3.63) is 125 Å². The lowest BCUT2D eigenvalue weighted by atomic mass is 9.76. The number of benzene rings is 4. The molecule has 1 aliphatic carbocycles. The summed E-state index contributed by atoms with van der Waals surface area (Å²) in [6.07, 6.45) is 7.47. The van der Waals surface area contributed by atoms with E-state index in [4.69, 9.17) is 8.92 Å². The summed E-state index contributed by atoms with van der Waals surface area (Å²) in [4.78, 5) is 4.75. The van der Waals surface area contributed by atoms with Crippen LogP contribution < -0.4 is 14.2 Å². The Hall–Kier alpha value is -4.36. The number of nitrogens with one attached hydrogen (secondary N) is 1. The predicted molar refractivity (Wildman–Crippen MR) is 168 cm³/mol. The molecule has 4 aromatic rings. The van der Waals surface area contributed by atoms with Crippen molar-refractivity contribution < 1.29 is 17.3 Å². The summed E-state index contributed by atoms with van der Waals surface area (Å²) in [5.74, 6) is 1.39. The van der Waals surface area contributed by atoms with Crippen molar-refractivity contribution in [3.8, 4) is 11.5 Å². The van der Waals surface area contributed by atoms with Gasteiger partial charge in [0.05, 0.1) is 18.3 Å². The van der Waals surface area contributed by atoms with Gasteiger partial charge in [-0.05, 0) is 98.3 Å². The molecule has 2 aliphatic rings. The van der Waals surface area contributed by atoms with Gasteiger partial charge in [0.25, 0.3) is 0 Å². The second-order valence-electron chi connectivity index (χ2n) is 10.9. The first kappa shape index (κ1) is 27.8. The van der Waals surface area contributed by atoms with E-state index >= 15 is 0 Å². The minimum absolute atomic E-state index is 0.0899. The normalized spacial score (nSPS) is 19.3. The van der Waals surface area contributed by atoms with E-state index in [0.717, 1.165) is 23.2 Å². The number of nitrogens with zero attached hydrogens (tertiary/aromatic N) is 1. The standard InChI is InChI=1S/C35H34N2O4S/c1-4-40-34-21-25(11-19-33(34)41-42(38,39)28-16-8-23(2)9-17-28)22-36-27-14-12-26(13-15-27)35-30-7-5-6-29(30)31-20-24(3)10-18-32(31)37-35/h5-6,8-22,29-30,35,37H,4,7H2,1-3H3/t29-,30-,35+/m1/s1. The second-order valence-corrected chi connectivity index (χ2v) is 12.5. The molecule has 0 bridgehead atoms. The third-order valence-corrected chi connectivity index (χ3v) is 9.16. The fourth-order valence-electron chi connectivity index (χ4n) is 5.77. The van der Waals surface area contributed by atoms with E-state index < -0.39 is 10.1 Å². The highest BCUT2D eigenvalue weighted by molar-refractivity contribution is 7.87. The maximum atomic E-state index is 12.8.